The normalized spacial score (nSPS) is 15.3. The molecule has 0 aromatic heterocycles. The van der Waals surface area contributed by atoms with Crippen molar-refractivity contribution in [2.45, 2.75) is 65.6 Å². The summed E-state index contributed by atoms with van der Waals surface area (Å²) < 4.78 is 20.5. The first-order valence-corrected chi connectivity index (χ1v) is 12.7. The van der Waals surface area contributed by atoms with E-state index < -0.39 is 11.7 Å². The highest BCUT2D eigenvalue weighted by Gasteiger charge is 2.27. The first-order valence-electron chi connectivity index (χ1n) is 11.1. The molecule has 1 N–H and O–H groups in total. The Kier molecular flexibility index (Phi) is 10.2. The number of nitrogens with zero attached hydrogens (tertiary/aromatic N) is 1. The highest BCUT2D eigenvalue weighted by Crippen LogP contribution is 2.35. The van der Waals surface area contributed by atoms with Gasteiger partial charge in [0, 0.05) is 30.3 Å². The molecule has 8 heteroatoms. The molecule has 1 aromatic carbocycles. The zero-order valence-corrected chi connectivity index (χ0v) is 20.6. The first-order chi connectivity index (χ1) is 14.9. The molecule has 0 radical (unpaired) electrons. The predicted octanol–water partition coefficient (Wildman–Crippen LogP) is 5.97. The first kappa shape index (κ1) is 25.6. The van der Waals surface area contributed by atoms with Crippen LogP contribution in [0.5, 0.6) is 5.75 Å². The average Bonchev–Trinajstić information content (AvgIpc) is 2.77. The van der Waals surface area contributed by atoms with Crippen molar-refractivity contribution in [2.75, 3.05) is 24.6 Å². The van der Waals surface area contributed by atoms with Crippen molar-refractivity contribution in [3.63, 3.8) is 0 Å². The van der Waals surface area contributed by atoms with Crippen molar-refractivity contribution in [3.05, 3.63) is 34.1 Å². The molecule has 0 saturated heterocycles. The van der Waals surface area contributed by atoms with E-state index in [0.717, 1.165) is 31.5 Å². The standard InChI is InChI=1S/C23H33ClFN2O3P/c1-5-21(31-8-4)30-20-14-19(18(25)13-17(20)24)26-22(28)15-11-9-10-12-16(15)23(29)27(6-2)7-3/h13-14,21,31H,5-12H2,1-4H3,(H,26,28). The fourth-order valence-electron chi connectivity index (χ4n) is 3.66. The minimum absolute atomic E-state index is 0.00383. The maximum absolute atomic E-state index is 14.6. The largest absolute Gasteiger partial charge is 0.485 e. The van der Waals surface area contributed by atoms with Gasteiger partial charge in [0.05, 0.1) is 10.7 Å². The van der Waals surface area contributed by atoms with Gasteiger partial charge in [-0.25, -0.2) is 4.39 Å². The summed E-state index contributed by atoms with van der Waals surface area (Å²) in [7, 11) is 0.601. The van der Waals surface area contributed by atoms with Gasteiger partial charge in [-0.2, -0.15) is 0 Å². The van der Waals surface area contributed by atoms with E-state index in [2.05, 4.69) is 12.2 Å². The van der Waals surface area contributed by atoms with Gasteiger partial charge in [-0.3, -0.25) is 9.59 Å². The molecule has 0 bridgehead atoms. The second-order valence-corrected chi connectivity index (χ2v) is 9.60. The lowest BCUT2D eigenvalue weighted by molar-refractivity contribution is -0.127. The SMILES string of the molecule is CCPC(CC)Oc1cc(NC(=O)C2=C(C(=O)N(CC)CC)CCCC2)c(F)cc1Cl. The Hall–Kier alpha value is -1.65. The smallest absolute Gasteiger partial charge is 0.252 e. The van der Waals surface area contributed by atoms with E-state index in [0.29, 0.717) is 51.4 Å². The van der Waals surface area contributed by atoms with Gasteiger partial charge in [-0.05, 0) is 58.2 Å². The number of nitrogens with one attached hydrogen (secondary N) is 1. The maximum atomic E-state index is 14.6. The second kappa shape index (κ2) is 12.4. The highest BCUT2D eigenvalue weighted by atomic mass is 35.5. The average molecular weight is 471 g/mol. The molecule has 1 aliphatic carbocycles. The summed E-state index contributed by atoms with van der Waals surface area (Å²) in [6.07, 6.45) is 4.55. The molecule has 0 saturated carbocycles. The molecule has 31 heavy (non-hydrogen) atoms. The van der Waals surface area contributed by atoms with E-state index in [9.17, 15) is 14.0 Å². The summed E-state index contributed by atoms with van der Waals surface area (Å²) in [6.45, 7) is 9.10. The van der Waals surface area contributed by atoms with Crippen molar-refractivity contribution in [1.29, 1.82) is 0 Å². The minimum atomic E-state index is -0.635. The van der Waals surface area contributed by atoms with Crippen molar-refractivity contribution in [2.24, 2.45) is 0 Å². The van der Waals surface area contributed by atoms with Crippen molar-refractivity contribution in [1.82, 2.24) is 4.90 Å². The number of halogens is 2. The zero-order chi connectivity index (χ0) is 23.0. The fourth-order valence-corrected chi connectivity index (χ4v) is 4.81. The third-order valence-corrected chi connectivity index (χ3v) is 7.08. The van der Waals surface area contributed by atoms with E-state index in [4.69, 9.17) is 16.3 Å². The van der Waals surface area contributed by atoms with E-state index in [-0.39, 0.29) is 22.5 Å². The Bertz CT molecular complexity index is 827. The van der Waals surface area contributed by atoms with Crippen LogP contribution in [0.2, 0.25) is 5.02 Å². The van der Waals surface area contributed by atoms with Gasteiger partial charge in [0.25, 0.3) is 5.91 Å². The maximum Gasteiger partial charge on any atom is 0.252 e. The lowest BCUT2D eigenvalue weighted by atomic mass is 9.90. The predicted molar refractivity (Wildman–Crippen MR) is 127 cm³/mol. The Morgan fingerprint density at radius 1 is 1.16 bits per heavy atom. The van der Waals surface area contributed by atoms with Gasteiger partial charge >= 0.3 is 0 Å². The van der Waals surface area contributed by atoms with Crippen LogP contribution in [-0.4, -0.2) is 41.8 Å². The van der Waals surface area contributed by atoms with Gasteiger partial charge in [0.1, 0.15) is 17.4 Å². The number of amides is 2. The molecule has 2 unspecified atom stereocenters. The monoisotopic (exact) mass is 470 g/mol. The third-order valence-electron chi connectivity index (χ3n) is 5.39. The molecule has 2 amide bonds. The van der Waals surface area contributed by atoms with Gasteiger partial charge in [0.2, 0.25) is 5.91 Å². The van der Waals surface area contributed by atoms with Gasteiger partial charge < -0.3 is 15.0 Å². The van der Waals surface area contributed by atoms with Gasteiger partial charge in [-0.1, -0.05) is 34.0 Å². The number of carbonyl (C=O) groups excluding carboxylic acids is 2. The molecule has 0 fully saturated rings. The molecule has 1 aromatic rings. The lowest BCUT2D eigenvalue weighted by Gasteiger charge is -2.25. The fraction of sp³-hybridized carbons (Fsp3) is 0.565. The molecular weight excluding hydrogens is 438 g/mol. The van der Waals surface area contributed by atoms with Crippen LogP contribution in [0.3, 0.4) is 0 Å². The topological polar surface area (TPSA) is 58.6 Å². The summed E-state index contributed by atoms with van der Waals surface area (Å²) in [5.74, 6) is -0.838. The second-order valence-electron chi connectivity index (χ2n) is 7.43. The highest BCUT2D eigenvalue weighted by molar-refractivity contribution is 7.38. The van der Waals surface area contributed by atoms with Gasteiger partial charge in [-0.15, -0.1) is 0 Å². The van der Waals surface area contributed by atoms with Crippen LogP contribution in [0.4, 0.5) is 10.1 Å². The number of benzene rings is 1. The summed E-state index contributed by atoms with van der Waals surface area (Å²) in [5.41, 5.74) is 0.985. The van der Waals surface area contributed by atoms with Crippen LogP contribution in [0, 0.1) is 5.82 Å². The van der Waals surface area contributed by atoms with Crippen LogP contribution in [0.15, 0.2) is 23.3 Å². The minimum Gasteiger partial charge on any atom is -0.485 e. The molecule has 1 aliphatic rings. The van der Waals surface area contributed by atoms with Crippen LogP contribution < -0.4 is 10.1 Å². The van der Waals surface area contributed by atoms with Crippen LogP contribution in [-0.2, 0) is 9.59 Å². The Balaban J connectivity index is 2.30. The number of hydrogen-bond donors (Lipinski definition) is 1. The molecule has 2 rings (SSSR count). The molecule has 2 atom stereocenters. The van der Waals surface area contributed by atoms with Crippen molar-refractivity contribution < 1.29 is 18.7 Å². The summed E-state index contributed by atoms with van der Waals surface area (Å²) in [5, 5.41) is 2.82. The number of likely N-dealkylation sites (N-methyl/N-ethyl adjacent to an activating group) is 1. The molecule has 5 nitrogen and oxygen atoms in total. The van der Waals surface area contributed by atoms with Crippen LogP contribution in [0.25, 0.3) is 0 Å². The number of anilines is 1. The van der Waals surface area contributed by atoms with E-state index >= 15 is 0 Å². The lowest BCUT2D eigenvalue weighted by Crippen LogP contribution is -2.34. The van der Waals surface area contributed by atoms with E-state index in [1.54, 1.807) is 4.90 Å². The summed E-state index contributed by atoms with van der Waals surface area (Å²) >= 11 is 6.19. The van der Waals surface area contributed by atoms with Crippen LogP contribution >= 0.6 is 20.2 Å². The van der Waals surface area contributed by atoms with Gasteiger partial charge in [0.15, 0.2) is 0 Å². The summed E-state index contributed by atoms with van der Waals surface area (Å²) in [4.78, 5) is 27.6. The Morgan fingerprint density at radius 2 is 1.81 bits per heavy atom. The van der Waals surface area contributed by atoms with Crippen LogP contribution in [0.1, 0.15) is 59.8 Å². The molecular formula is C23H33ClFN2O3P. The number of ether oxygens (including phenoxy) is 1. The number of hydrogen-bond acceptors (Lipinski definition) is 3. The quantitative estimate of drug-likeness (QED) is 0.428. The van der Waals surface area contributed by atoms with E-state index in [1.165, 1.54) is 6.07 Å². The van der Waals surface area contributed by atoms with E-state index in [1.807, 2.05) is 20.8 Å². The third kappa shape index (κ3) is 6.66. The Labute approximate surface area is 191 Å². The summed E-state index contributed by atoms with van der Waals surface area (Å²) in [6, 6.07) is 2.60. The van der Waals surface area contributed by atoms with Crippen molar-refractivity contribution >= 4 is 37.7 Å². The number of carbonyl (C=O) groups is 2. The Morgan fingerprint density at radius 3 is 2.39 bits per heavy atom. The number of rotatable bonds is 10. The molecule has 0 aliphatic heterocycles. The molecule has 172 valence electrons. The van der Waals surface area contributed by atoms with Crippen molar-refractivity contribution in [3.8, 4) is 5.75 Å². The molecule has 0 heterocycles. The zero-order valence-electron chi connectivity index (χ0n) is 18.8. The molecule has 0 spiro atoms.